The summed E-state index contributed by atoms with van der Waals surface area (Å²) < 4.78 is 6.58. The largest absolute Gasteiger partial charge is 0.478 e. The maximum Gasteiger partial charge on any atom is 0.336 e. The topological polar surface area (TPSA) is 80.6 Å². The molecule has 0 spiro atoms. The zero-order valence-electron chi connectivity index (χ0n) is 11.1. The molecule has 0 aliphatic rings. The van der Waals surface area contributed by atoms with E-state index in [4.69, 9.17) is 9.84 Å². The Morgan fingerprint density at radius 2 is 2.15 bits per heavy atom. The minimum Gasteiger partial charge on any atom is -0.478 e. The quantitative estimate of drug-likeness (QED) is 0.774. The summed E-state index contributed by atoms with van der Waals surface area (Å²) in [5.41, 5.74) is 0.966. The second kappa shape index (κ2) is 6.21. The molecule has 0 saturated heterocycles. The molecule has 1 aromatic heterocycles. The molecule has 0 radical (unpaired) electrons. The highest BCUT2D eigenvalue weighted by molar-refractivity contribution is 6.03. The van der Waals surface area contributed by atoms with Gasteiger partial charge in [-0.2, -0.15) is 0 Å². The van der Waals surface area contributed by atoms with Crippen molar-refractivity contribution in [3.8, 4) is 0 Å². The van der Waals surface area contributed by atoms with Crippen molar-refractivity contribution in [2.75, 3.05) is 20.3 Å². The van der Waals surface area contributed by atoms with Crippen LogP contribution >= 0.6 is 0 Å². The molecule has 106 valence electrons. The number of hydrogen-bond acceptors (Lipinski definition) is 3. The monoisotopic (exact) mass is 276 g/mol. The van der Waals surface area contributed by atoms with E-state index in [1.165, 1.54) is 0 Å². The van der Waals surface area contributed by atoms with Crippen LogP contribution in [0.15, 0.2) is 30.5 Å². The van der Waals surface area contributed by atoms with E-state index in [9.17, 15) is 9.59 Å². The first-order valence-corrected chi connectivity index (χ1v) is 6.20. The van der Waals surface area contributed by atoms with Gasteiger partial charge in [0.1, 0.15) is 6.54 Å². The van der Waals surface area contributed by atoms with Crippen molar-refractivity contribution in [1.29, 1.82) is 0 Å². The lowest BCUT2D eigenvalue weighted by molar-refractivity contribution is -0.121. The Bertz CT molecular complexity index is 633. The Balaban J connectivity index is 2.17. The van der Waals surface area contributed by atoms with Crippen molar-refractivity contribution in [3.05, 3.63) is 36.0 Å². The minimum absolute atomic E-state index is 0.139. The zero-order chi connectivity index (χ0) is 14.5. The fraction of sp³-hybridized carbons (Fsp3) is 0.286. The predicted octanol–water partition coefficient (Wildman–Crippen LogP) is 1.10. The fourth-order valence-electron chi connectivity index (χ4n) is 2.05. The van der Waals surface area contributed by atoms with Crippen molar-refractivity contribution in [2.45, 2.75) is 6.54 Å². The molecule has 0 aliphatic carbocycles. The number of aromatic carboxylic acids is 1. The van der Waals surface area contributed by atoms with Gasteiger partial charge in [0.25, 0.3) is 0 Å². The number of carboxylic acid groups (broad SMARTS) is 1. The number of ether oxygens (including phenoxy) is 1. The first-order valence-electron chi connectivity index (χ1n) is 6.20. The lowest BCUT2D eigenvalue weighted by Crippen LogP contribution is -2.30. The summed E-state index contributed by atoms with van der Waals surface area (Å²) in [6, 6.07) is 6.73. The van der Waals surface area contributed by atoms with E-state index in [1.807, 2.05) is 0 Å². The SMILES string of the molecule is COCCNC(=O)Cn1ccc2c(C(=O)O)cccc21. The number of benzene rings is 1. The average Bonchev–Trinajstić information content (AvgIpc) is 2.82. The van der Waals surface area contributed by atoms with Gasteiger partial charge in [0.05, 0.1) is 12.2 Å². The van der Waals surface area contributed by atoms with E-state index in [0.29, 0.717) is 18.5 Å². The Morgan fingerprint density at radius 1 is 1.35 bits per heavy atom. The van der Waals surface area contributed by atoms with E-state index in [2.05, 4.69) is 5.32 Å². The number of hydrogen-bond donors (Lipinski definition) is 2. The van der Waals surface area contributed by atoms with Gasteiger partial charge in [-0.1, -0.05) is 6.07 Å². The van der Waals surface area contributed by atoms with Crippen LogP contribution in [0.25, 0.3) is 10.9 Å². The molecule has 0 atom stereocenters. The van der Waals surface area contributed by atoms with Crippen LogP contribution in [0.3, 0.4) is 0 Å². The first-order chi connectivity index (χ1) is 9.63. The van der Waals surface area contributed by atoms with Crippen LogP contribution in [-0.2, 0) is 16.1 Å². The summed E-state index contributed by atoms with van der Waals surface area (Å²) in [4.78, 5) is 22.9. The van der Waals surface area contributed by atoms with Crippen molar-refractivity contribution >= 4 is 22.8 Å². The molecule has 20 heavy (non-hydrogen) atoms. The summed E-state index contributed by atoms with van der Waals surface area (Å²) in [6.07, 6.45) is 1.72. The number of nitrogens with zero attached hydrogens (tertiary/aromatic N) is 1. The summed E-state index contributed by atoms with van der Waals surface area (Å²) >= 11 is 0. The van der Waals surface area contributed by atoms with E-state index in [1.54, 1.807) is 42.1 Å². The van der Waals surface area contributed by atoms with Gasteiger partial charge in [-0.05, 0) is 18.2 Å². The molecule has 6 heteroatoms. The lowest BCUT2D eigenvalue weighted by atomic mass is 10.1. The Labute approximate surface area is 116 Å². The second-order valence-corrected chi connectivity index (χ2v) is 4.33. The molecule has 2 aromatic rings. The molecule has 0 saturated carbocycles. The van der Waals surface area contributed by atoms with Crippen LogP contribution in [0, 0.1) is 0 Å². The Hall–Kier alpha value is -2.34. The maximum atomic E-state index is 11.7. The van der Waals surface area contributed by atoms with Crippen molar-refractivity contribution < 1.29 is 19.4 Å². The number of rotatable bonds is 6. The number of methoxy groups -OCH3 is 1. The molecule has 6 nitrogen and oxygen atoms in total. The van der Waals surface area contributed by atoms with Crippen molar-refractivity contribution in [1.82, 2.24) is 9.88 Å². The first kappa shape index (κ1) is 14.1. The van der Waals surface area contributed by atoms with Crippen LogP contribution in [0.1, 0.15) is 10.4 Å². The van der Waals surface area contributed by atoms with Gasteiger partial charge in [-0.3, -0.25) is 4.79 Å². The summed E-state index contributed by atoms with van der Waals surface area (Å²) in [6.45, 7) is 1.06. The van der Waals surface area contributed by atoms with Crippen molar-refractivity contribution in [2.24, 2.45) is 0 Å². The van der Waals surface area contributed by atoms with Gasteiger partial charge in [0.15, 0.2) is 0 Å². The summed E-state index contributed by atoms with van der Waals surface area (Å²) in [5, 5.41) is 12.5. The molecule has 0 fully saturated rings. The van der Waals surface area contributed by atoms with E-state index in [-0.39, 0.29) is 18.0 Å². The van der Waals surface area contributed by atoms with Gasteiger partial charge in [-0.25, -0.2) is 4.79 Å². The molecule has 1 amide bonds. The van der Waals surface area contributed by atoms with Gasteiger partial charge < -0.3 is 19.7 Å². The molecule has 1 heterocycles. The second-order valence-electron chi connectivity index (χ2n) is 4.33. The lowest BCUT2D eigenvalue weighted by Gasteiger charge is -2.07. The van der Waals surface area contributed by atoms with E-state index < -0.39 is 5.97 Å². The number of aromatic nitrogens is 1. The molecular formula is C14H16N2O4. The highest BCUT2D eigenvalue weighted by Crippen LogP contribution is 2.20. The molecule has 2 rings (SSSR count). The van der Waals surface area contributed by atoms with Crippen LogP contribution in [0.5, 0.6) is 0 Å². The highest BCUT2D eigenvalue weighted by Gasteiger charge is 2.12. The molecule has 0 unspecified atom stereocenters. The smallest absolute Gasteiger partial charge is 0.336 e. The number of carbonyl (C=O) groups is 2. The molecule has 1 aromatic carbocycles. The zero-order valence-corrected chi connectivity index (χ0v) is 11.1. The van der Waals surface area contributed by atoms with Crippen molar-refractivity contribution in [3.63, 3.8) is 0 Å². The maximum absolute atomic E-state index is 11.7. The number of fused-ring (bicyclic) bond motifs is 1. The molecular weight excluding hydrogens is 260 g/mol. The Morgan fingerprint density at radius 3 is 2.85 bits per heavy atom. The molecule has 0 bridgehead atoms. The summed E-state index contributed by atoms with van der Waals surface area (Å²) in [5.74, 6) is -1.11. The molecule has 2 N–H and O–H groups in total. The summed E-state index contributed by atoms with van der Waals surface area (Å²) in [7, 11) is 1.57. The van der Waals surface area contributed by atoms with Gasteiger partial charge >= 0.3 is 5.97 Å². The van der Waals surface area contributed by atoms with Gasteiger partial charge in [0, 0.05) is 30.8 Å². The highest BCUT2D eigenvalue weighted by atomic mass is 16.5. The predicted molar refractivity (Wildman–Crippen MR) is 73.8 cm³/mol. The van der Waals surface area contributed by atoms with E-state index >= 15 is 0 Å². The number of carboxylic acids is 1. The third-order valence-corrected chi connectivity index (χ3v) is 2.99. The number of carbonyl (C=O) groups excluding carboxylic acids is 1. The Kier molecular flexibility index (Phi) is 4.37. The third kappa shape index (κ3) is 2.97. The van der Waals surface area contributed by atoms with Crippen LogP contribution in [-0.4, -0.2) is 41.8 Å². The van der Waals surface area contributed by atoms with Crippen LogP contribution in [0.2, 0.25) is 0 Å². The van der Waals surface area contributed by atoms with Crippen LogP contribution < -0.4 is 5.32 Å². The average molecular weight is 276 g/mol. The van der Waals surface area contributed by atoms with Gasteiger partial charge in [-0.15, -0.1) is 0 Å². The minimum atomic E-state index is -0.974. The third-order valence-electron chi connectivity index (χ3n) is 2.99. The fourth-order valence-corrected chi connectivity index (χ4v) is 2.05. The van der Waals surface area contributed by atoms with E-state index in [0.717, 1.165) is 5.52 Å². The standard InChI is InChI=1S/C14H16N2O4/c1-20-8-6-15-13(17)9-16-7-5-10-11(14(18)19)3-2-4-12(10)16/h2-5,7H,6,8-9H2,1H3,(H,15,17)(H,18,19). The normalized spacial score (nSPS) is 10.7. The number of nitrogens with one attached hydrogen (secondary N) is 1. The molecule has 0 aliphatic heterocycles. The number of amides is 1. The van der Waals surface area contributed by atoms with Gasteiger partial charge in [0.2, 0.25) is 5.91 Å². The van der Waals surface area contributed by atoms with Crippen LogP contribution in [0.4, 0.5) is 0 Å².